The van der Waals surface area contributed by atoms with Crippen molar-refractivity contribution >= 4 is 41.5 Å². The Kier molecular flexibility index (Phi) is 8.49. The summed E-state index contributed by atoms with van der Waals surface area (Å²) in [5.74, 6) is 0.859. The Morgan fingerprint density at radius 3 is 2.64 bits per heavy atom. The first-order valence-corrected chi connectivity index (χ1v) is 7.84. The van der Waals surface area contributed by atoms with Crippen LogP contribution < -0.4 is 10.6 Å². The molecule has 1 fully saturated rings. The Balaban J connectivity index is 0.00000242. The van der Waals surface area contributed by atoms with Gasteiger partial charge in [0.15, 0.2) is 5.96 Å². The quantitative estimate of drug-likeness (QED) is 0.408. The molecule has 1 aliphatic rings. The van der Waals surface area contributed by atoms with Gasteiger partial charge < -0.3 is 15.4 Å². The van der Waals surface area contributed by atoms with Crippen molar-refractivity contribution in [2.24, 2.45) is 10.4 Å². The smallest absolute Gasteiger partial charge is 0.191 e. The number of benzene rings is 1. The first-order chi connectivity index (χ1) is 10.1. The zero-order valence-corrected chi connectivity index (χ0v) is 16.3. The van der Waals surface area contributed by atoms with Crippen LogP contribution >= 0.6 is 35.6 Å². The van der Waals surface area contributed by atoms with Gasteiger partial charge in [0.2, 0.25) is 0 Å². The van der Waals surface area contributed by atoms with Crippen molar-refractivity contribution < 1.29 is 4.74 Å². The summed E-state index contributed by atoms with van der Waals surface area (Å²) in [6.45, 7) is 8.32. The molecule has 22 heavy (non-hydrogen) atoms. The average Bonchev–Trinajstić information content (AvgIpc) is 2.45. The van der Waals surface area contributed by atoms with E-state index in [1.165, 1.54) is 0 Å². The zero-order valence-electron chi connectivity index (χ0n) is 13.2. The second-order valence-electron chi connectivity index (χ2n) is 5.77. The number of hydrogen-bond acceptors (Lipinski definition) is 2. The minimum atomic E-state index is 0. The van der Waals surface area contributed by atoms with Gasteiger partial charge in [0.25, 0.3) is 0 Å². The van der Waals surface area contributed by atoms with Gasteiger partial charge in [-0.2, -0.15) is 0 Å². The molecule has 1 aliphatic heterocycles. The predicted octanol–water partition coefficient (Wildman–Crippen LogP) is 3.09. The molecule has 2 rings (SSSR count). The molecule has 124 valence electrons. The van der Waals surface area contributed by atoms with E-state index in [0.29, 0.717) is 0 Å². The number of rotatable bonds is 6. The number of nitrogens with one attached hydrogen (secondary N) is 2. The molecule has 0 amide bonds. The highest BCUT2D eigenvalue weighted by Gasteiger charge is 2.33. The van der Waals surface area contributed by atoms with Crippen LogP contribution in [0.2, 0.25) is 5.02 Å². The Hall–Kier alpha value is -0.530. The molecular formula is C16H25ClIN3O. The van der Waals surface area contributed by atoms with E-state index in [4.69, 9.17) is 16.3 Å². The van der Waals surface area contributed by atoms with E-state index in [-0.39, 0.29) is 29.4 Å². The van der Waals surface area contributed by atoms with Crippen LogP contribution in [0.5, 0.6) is 0 Å². The topological polar surface area (TPSA) is 45.7 Å². The molecule has 1 heterocycles. The van der Waals surface area contributed by atoms with E-state index in [1.54, 1.807) is 0 Å². The summed E-state index contributed by atoms with van der Waals surface area (Å²) in [6.07, 6.45) is 0.879. The summed E-state index contributed by atoms with van der Waals surface area (Å²) in [5, 5.41) is 7.45. The Labute approximate surface area is 155 Å². The van der Waals surface area contributed by atoms with Crippen molar-refractivity contribution in [2.45, 2.75) is 20.3 Å². The molecule has 0 spiro atoms. The van der Waals surface area contributed by atoms with Crippen LogP contribution in [0.3, 0.4) is 0 Å². The Bertz CT molecular complexity index is 492. The summed E-state index contributed by atoms with van der Waals surface area (Å²) in [4.78, 5) is 4.64. The lowest BCUT2D eigenvalue weighted by Gasteiger charge is -2.36. The third kappa shape index (κ3) is 5.93. The fourth-order valence-electron chi connectivity index (χ4n) is 2.17. The molecule has 4 nitrogen and oxygen atoms in total. The minimum absolute atomic E-state index is 0. The summed E-state index contributed by atoms with van der Waals surface area (Å²) >= 11 is 6.16. The molecular weight excluding hydrogens is 413 g/mol. The van der Waals surface area contributed by atoms with Crippen molar-refractivity contribution in [2.75, 3.05) is 32.8 Å². The second-order valence-corrected chi connectivity index (χ2v) is 6.17. The van der Waals surface area contributed by atoms with Gasteiger partial charge in [-0.15, -0.1) is 24.0 Å². The highest BCUT2D eigenvalue weighted by Crippen LogP contribution is 2.26. The molecule has 0 saturated carbocycles. The lowest BCUT2D eigenvalue weighted by molar-refractivity contribution is -0.0945. The van der Waals surface area contributed by atoms with Gasteiger partial charge in [-0.1, -0.05) is 36.7 Å². The molecule has 0 radical (unpaired) electrons. The molecule has 6 heteroatoms. The third-order valence-corrected chi connectivity index (χ3v) is 3.88. The Morgan fingerprint density at radius 1 is 1.32 bits per heavy atom. The molecule has 0 aromatic heterocycles. The number of ether oxygens (including phenoxy) is 1. The summed E-state index contributed by atoms with van der Waals surface area (Å²) < 4.78 is 5.26. The van der Waals surface area contributed by atoms with Crippen molar-refractivity contribution in [1.29, 1.82) is 0 Å². The van der Waals surface area contributed by atoms with Crippen LogP contribution in [0.1, 0.15) is 19.4 Å². The lowest BCUT2D eigenvalue weighted by atomic mass is 9.89. The number of nitrogens with zero attached hydrogens (tertiary/aromatic N) is 1. The maximum Gasteiger partial charge on any atom is 0.191 e. The van der Waals surface area contributed by atoms with E-state index in [1.807, 2.05) is 18.2 Å². The first kappa shape index (κ1) is 19.5. The summed E-state index contributed by atoms with van der Waals surface area (Å²) in [5.41, 5.74) is 1.35. The van der Waals surface area contributed by atoms with E-state index in [0.717, 1.165) is 55.8 Å². The number of guanidine groups is 1. The summed E-state index contributed by atoms with van der Waals surface area (Å²) in [6, 6.07) is 7.94. The van der Waals surface area contributed by atoms with Gasteiger partial charge in [-0.05, 0) is 25.0 Å². The van der Waals surface area contributed by atoms with Crippen LogP contribution in [0, 0.1) is 5.41 Å². The normalized spacial score (nSPS) is 16.4. The van der Waals surface area contributed by atoms with Crippen molar-refractivity contribution in [1.82, 2.24) is 10.6 Å². The number of aliphatic imine (C=N–C) groups is 1. The Morgan fingerprint density at radius 2 is 2.05 bits per heavy atom. The molecule has 0 atom stereocenters. The summed E-state index contributed by atoms with van der Waals surface area (Å²) in [7, 11) is 0. The van der Waals surface area contributed by atoms with Gasteiger partial charge in [0.1, 0.15) is 0 Å². The standard InChI is InChI=1S/C16H24ClN3O.HI/c1-3-18-15(20-10-16(2)11-21-12-16)19-9-8-13-6-4-5-7-14(13)17;/h4-7H,3,8-12H2,1-2H3,(H2,18,19,20);1H. The minimum Gasteiger partial charge on any atom is -0.380 e. The van der Waals surface area contributed by atoms with Gasteiger partial charge >= 0.3 is 0 Å². The van der Waals surface area contributed by atoms with Crippen LogP contribution in [-0.2, 0) is 11.2 Å². The molecule has 2 N–H and O–H groups in total. The van der Waals surface area contributed by atoms with E-state index >= 15 is 0 Å². The molecule has 0 bridgehead atoms. The van der Waals surface area contributed by atoms with E-state index in [9.17, 15) is 0 Å². The first-order valence-electron chi connectivity index (χ1n) is 7.46. The fourth-order valence-corrected chi connectivity index (χ4v) is 2.40. The van der Waals surface area contributed by atoms with Gasteiger partial charge in [0, 0.05) is 23.5 Å². The van der Waals surface area contributed by atoms with E-state index < -0.39 is 0 Å². The van der Waals surface area contributed by atoms with Gasteiger partial charge in [0.05, 0.1) is 19.8 Å². The lowest BCUT2D eigenvalue weighted by Crippen LogP contribution is -2.44. The largest absolute Gasteiger partial charge is 0.380 e. The molecule has 1 aromatic rings. The SMILES string of the molecule is CCNC(=NCC1(C)COC1)NCCc1ccccc1Cl.I. The molecule has 1 saturated heterocycles. The highest BCUT2D eigenvalue weighted by atomic mass is 127. The van der Waals surface area contributed by atoms with Crippen LogP contribution in [0.15, 0.2) is 29.3 Å². The van der Waals surface area contributed by atoms with Crippen molar-refractivity contribution in [3.8, 4) is 0 Å². The average molecular weight is 438 g/mol. The number of halogens is 2. The van der Waals surface area contributed by atoms with Gasteiger partial charge in [-0.25, -0.2) is 0 Å². The third-order valence-electron chi connectivity index (χ3n) is 3.51. The van der Waals surface area contributed by atoms with E-state index in [2.05, 4.69) is 35.5 Å². The monoisotopic (exact) mass is 437 g/mol. The maximum absolute atomic E-state index is 6.16. The fraction of sp³-hybridized carbons (Fsp3) is 0.562. The molecule has 0 unspecified atom stereocenters. The number of hydrogen-bond donors (Lipinski definition) is 2. The van der Waals surface area contributed by atoms with Crippen LogP contribution in [0.4, 0.5) is 0 Å². The van der Waals surface area contributed by atoms with Crippen LogP contribution in [0.25, 0.3) is 0 Å². The molecule has 0 aliphatic carbocycles. The van der Waals surface area contributed by atoms with Gasteiger partial charge in [-0.3, -0.25) is 4.99 Å². The van der Waals surface area contributed by atoms with Crippen molar-refractivity contribution in [3.63, 3.8) is 0 Å². The highest BCUT2D eigenvalue weighted by molar-refractivity contribution is 14.0. The maximum atomic E-state index is 6.16. The second kappa shape index (κ2) is 9.57. The van der Waals surface area contributed by atoms with Crippen LogP contribution in [-0.4, -0.2) is 38.8 Å². The zero-order chi connectivity index (χ0) is 15.1. The molecule has 1 aromatic carbocycles. The van der Waals surface area contributed by atoms with Crippen molar-refractivity contribution in [3.05, 3.63) is 34.9 Å². The predicted molar refractivity (Wildman–Crippen MR) is 103 cm³/mol.